The van der Waals surface area contributed by atoms with E-state index in [1.165, 1.54) is 11.1 Å². The lowest BCUT2D eigenvalue weighted by atomic mass is 10.00. The van der Waals surface area contributed by atoms with Crippen molar-refractivity contribution in [3.63, 3.8) is 0 Å². The van der Waals surface area contributed by atoms with Gasteiger partial charge in [-0.2, -0.15) is 0 Å². The monoisotopic (exact) mass is 290 g/mol. The maximum Gasteiger partial charge on any atom is 0.141 e. The molecule has 1 heteroatoms. The van der Waals surface area contributed by atoms with Crippen LogP contribution in [-0.2, 0) is 30.5 Å². The van der Waals surface area contributed by atoms with E-state index in [1.54, 1.807) is 0 Å². The number of ketones is 1. The SMILES string of the molecule is C=CCc1ccc(CC(=O)Cc2ccc(CC=C)cc2)cc1. The van der Waals surface area contributed by atoms with Crippen LogP contribution < -0.4 is 0 Å². The van der Waals surface area contributed by atoms with Crippen LogP contribution in [-0.4, -0.2) is 5.78 Å². The van der Waals surface area contributed by atoms with Gasteiger partial charge in [-0.25, -0.2) is 0 Å². The number of carbonyl (C=O) groups excluding carboxylic acids is 1. The Morgan fingerprint density at radius 3 is 1.32 bits per heavy atom. The van der Waals surface area contributed by atoms with Crippen molar-refractivity contribution in [1.82, 2.24) is 0 Å². The molecule has 0 spiro atoms. The molecule has 0 heterocycles. The molecular weight excluding hydrogens is 268 g/mol. The van der Waals surface area contributed by atoms with Crippen LogP contribution >= 0.6 is 0 Å². The van der Waals surface area contributed by atoms with E-state index in [-0.39, 0.29) is 5.78 Å². The molecule has 0 radical (unpaired) electrons. The molecule has 0 aliphatic rings. The molecule has 0 saturated heterocycles. The van der Waals surface area contributed by atoms with Crippen LogP contribution in [0.25, 0.3) is 0 Å². The predicted molar refractivity (Wildman–Crippen MR) is 93.1 cm³/mol. The van der Waals surface area contributed by atoms with E-state index in [4.69, 9.17) is 0 Å². The molecule has 0 fully saturated rings. The Balaban J connectivity index is 1.91. The van der Waals surface area contributed by atoms with Gasteiger partial charge in [0.15, 0.2) is 0 Å². The molecule has 112 valence electrons. The fraction of sp³-hybridized carbons (Fsp3) is 0.190. The molecule has 22 heavy (non-hydrogen) atoms. The summed E-state index contributed by atoms with van der Waals surface area (Å²) in [5.74, 6) is 0.243. The first-order valence-corrected chi connectivity index (χ1v) is 7.60. The molecule has 0 aromatic heterocycles. The van der Waals surface area contributed by atoms with E-state index in [0.29, 0.717) is 12.8 Å². The zero-order valence-corrected chi connectivity index (χ0v) is 12.9. The Kier molecular flexibility index (Phi) is 5.91. The van der Waals surface area contributed by atoms with Crippen LogP contribution in [0.3, 0.4) is 0 Å². The van der Waals surface area contributed by atoms with Gasteiger partial charge in [-0.15, -0.1) is 13.2 Å². The topological polar surface area (TPSA) is 17.1 Å². The summed E-state index contributed by atoms with van der Waals surface area (Å²) in [5, 5.41) is 0. The first-order valence-electron chi connectivity index (χ1n) is 7.60. The van der Waals surface area contributed by atoms with E-state index in [2.05, 4.69) is 37.4 Å². The van der Waals surface area contributed by atoms with E-state index in [0.717, 1.165) is 24.0 Å². The Morgan fingerprint density at radius 1 is 0.682 bits per heavy atom. The number of allylic oxidation sites excluding steroid dienone is 2. The average Bonchev–Trinajstić information content (AvgIpc) is 2.52. The van der Waals surface area contributed by atoms with Crippen LogP contribution in [0.15, 0.2) is 73.8 Å². The Hall–Kier alpha value is -2.41. The Labute approximate surface area is 133 Å². The maximum atomic E-state index is 12.2. The highest BCUT2D eigenvalue weighted by molar-refractivity contribution is 5.83. The van der Waals surface area contributed by atoms with Crippen LogP contribution in [0.5, 0.6) is 0 Å². The lowest BCUT2D eigenvalue weighted by Gasteiger charge is -2.04. The van der Waals surface area contributed by atoms with E-state index >= 15 is 0 Å². The molecule has 1 nitrogen and oxygen atoms in total. The minimum absolute atomic E-state index is 0.243. The highest BCUT2D eigenvalue weighted by Crippen LogP contribution is 2.10. The summed E-state index contributed by atoms with van der Waals surface area (Å²) >= 11 is 0. The first-order chi connectivity index (χ1) is 10.7. The average molecular weight is 290 g/mol. The third-order valence-corrected chi connectivity index (χ3v) is 3.61. The number of Topliss-reactive ketones (excluding diaryl/α,β-unsaturated/α-hetero) is 1. The van der Waals surface area contributed by atoms with Gasteiger partial charge >= 0.3 is 0 Å². The number of rotatable bonds is 8. The van der Waals surface area contributed by atoms with Crippen molar-refractivity contribution in [2.24, 2.45) is 0 Å². The first kappa shape index (κ1) is 16.0. The van der Waals surface area contributed by atoms with Crippen molar-refractivity contribution < 1.29 is 4.79 Å². The number of hydrogen-bond acceptors (Lipinski definition) is 1. The predicted octanol–water partition coefficient (Wildman–Crippen LogP) is 4.50. The van der Waals surface area contributed by atoms with Gasteiger partial charge in [0.2, 0.25) is 0 Å². The molecule has 2 rings (SSSR count). The fourth-order valence-electron chi connectivity index (χ4n) is 2.44. The van der Waals surface area contributed by atoms with Crippen LogP contribution in [0, 0.1) is 0 Å². The third kappa shape index (κ3) is 4.85. The van der Waals surface area contributed by atoms with Gasteiger partial charge in [-0.3, -0.25) is 4.79 Å². The van der Waals surface area contributed by atoms with Gasteiger partial charge in [0.05, 0.1) is 0 Å². The number of carbonyl (C=O) groups is 1. The van der Waals surface area contributed by atoms with Gasteiger partial charge in [-0.05, 0) is 35.1 Å². The van der Waals surface area contributed by atoms with Gasteiger partial charge in [0.25, 0.3) is 0 Å². The van der Waals surface area contributed by atoms with Gasteiger partial charge in [0, 0.05) is 12.8 Å². The second-order valence-electron chi connectivity index (χ2n) is 5.51. The van der Waals surface area contributed by atoms with Crippen molar-refractivity contribution in [2.75, 3.05) is 0 Å². The zero-order valence-electron chi connectivity index (χ0n) is 12.9. The van der Waals surface area contributed by atoms with E-state index in [9.17, 15) is 4.79 Å². The maximum absolute atomic E-state index is 12.2. The summed E-state index contributed by atoms with van der Waals surface area (Å²) in [5.41, 5.74) is 4.59. The molecule has 0 amide bonds. The van der Waals surface area contributed by atoms with Crippen molar-refractivity contribution in [3.05, 3.63) is 96.1 Å². The van der Waals surface area contributed by atoms with Gasteiger partial charge < -0.3 is 0 Å². The summed E-state index contributed by atoms with van der Waals surface area (Å²) in [4.78, 5) is 12.2. The molecular formula is C21H22O. The zero-order chi connectivity index (χ0) is 15.8. The minimum Gasteiger partial charge on any atom is -0.299 e. The van der Waals surface area contributed by atoms with E-state index in [1.807, 2.05) is 36.4 Å². The van der Waals surface area contributed by atoms with Crippen molar-refractivity contribution in [2.45, 2.75) is 25.7 Å². The van der Waals surface area contributed by atoms with Crippen molar-refractivity contribution >= 4 is 5.78 Å². The lowest BCUT2D eigenvalue weighted by Crippen LogP contribution is -2.06. The standard InChI is InChI=1S/C21H22O/c1-3-5-17-7-11-19(12-8-17)15-21(22)16-20-13-9-18(6-4-2)10-14-20/h3-4,7-14H,1-2,5-6,15-16H2. The smallest absolute Gasteiger partial charge is 0.141 e. The quantitative estimate of drug-likeness (QED) is 0.654. The molecule has 0 N–H and O–H groups in total. The van der Waals surface area contributed by atoms with Crippen LogP contribution in [0.1, 0.15) is 22.3 Å². The number of hydrogen-bond donors (Lipinski definition) is 0. The van der Waals surface area contributed by atoms with Crippen LogP contribution in [0.4, 0.5) is 0 Å². The summed E-state index contributed by atoms with van der Waals surface area (Å²) in [7, 11) is 0. The van der Waals surface area contributed by atoms with Crippen molar-refractivity contribution in [3.8, 4) is 0 Å². The summed E-state index contributed by atoms with van der Waals surface area (Å²) in [6.07, 6.45) is 6.48. The highest BCUT2D eigenvalue weighted by Gasteiger charge is 2.05. The summed E-state index contributed by atoms with van der Waals surface area (Å²) in [6.45, 7) is 7.46. The lowest BCUT2D eigenvalue weighted by molar-refractivity contribution is -0.117. The molecule has 0 atom stereocenters. The molecule has 0 bridgehead atoms. The largest absolute Gasteiger partial charge is 0.299 e. The minimum atomic E-state index is 0.243. The third-order valence-electron chi connectivity index (χ3n) is 3.61. The second-order valence-corrected chi connectivity index (χ2v) is 5.51. The molecule has 0 aliphatic heterocycles. The summed E-state index contributed by atoms with van der Waals surface area (Å²) in [6, 6.07) is 16.4. The molecule has 0 aliphatic carbocycles. The molecule has 0 saturated carbocycles. The molecule has 2 aromatic rings. The van der Waals surface area contributed by atoms with Gasteiger partial charge in [-0.1, -0.05) is 60.7 Å². The summed E-state index contributed by atoms with van der Waals surface area (Å²) < 4.78 is 0. The molecule has 2 aromatic carbocycles. The molecule has 0 unspecified atom stereocenters. The second kappa shape index (κ2) is 8.14. The Morgan fingerprint density at radius 2 is 1.00 bits per heavy atom. The van der Waals surface area contributed by atoms with Crippen molar-refractivity contribution in [1.29, 1.82) is 0 Å². The van der Waals surface area contributed by atoms with E-state index < -0.39 is 0 Å². The fourth-order valence-corrected chi connectivity index (χ4v) is 2.44. The van der Waals surface area contributed by atoms with Gasteiger partial charge in [0.1, 0.15) is 5.78 Å². The van der Waals surface area contributed by atoms with Crippen LogP contribution in [0.2, 0.25) is 0 Å². The highest BCUT2D eigenvalue weighted by atomic mass is 16.1. The normalized spacial score (nSPS) is 10.2. The Bertz CT molecular complexity index is 575. The number of benzene rings is 2.